The number of esters is 1. The molecular weight excluding hydrogens is 188 g/mol. The number of rotatable bonds is 2. The van der Waals surface area contributed by atoms with E-state index in [1.165, 1.54) is 6.08 Å². The van der Waals surface area contributed by atoms with Crippen LogP contribution < -0.4 is 0 Å². The van der Waals surface area contributed by atoms with E-state index in [9.17, 15) is 4.79 Å². The molecule has 0 spiro atoms. The Morgan fingerprint density at radius 2 is 1.87 bits per heavy atom. The normalized spacial score (nSPS) is 32.3. The lowest BCUT2D eigenvalue weighted by Gasteiger charge is -2.40. The van der Waals surface area contributed by atoms with E-state index in [4.69, 9.17) is 4.74 Å². The molecule has 1 rings (SSSR count). The first-order chi connectivity index (χ1) is 6.73. The summed E-state index contributed by atoms with van der Waals surface area (Å²) < 4.78 is 5.42. The molecule has 0 aromatic rings. The third-order valence-corrected chi connectivity index (χ3v) is 4.69. The summed E-state index contributed by atoms with van der Waals surface area (Å²) in [5.41, 5.74) is 0.213. The maximum absolute atomic E-state index is 11.2. The molecule has 0 heterocycles. The average Bonchev–Trinajstić information content (AvgIpc) is 2.28. The Balaban J connectivity index is 2.86. The van der Waals surface area contributed by atoms with Crippen LogP contribution in [-0.2, 0) is 9.53 Å². The lowest BCUT2D eigenvalue weighted by molar-refractivity contribution is -0.149. The quantitative estimate of drug-likeness (QED) is 0.517. The van der Waals surface area contributed by atoms with Crippen LogP contribution in [0, 0.1) is 16.7 Å². The first-order valence-electron chi connectivity index (χ1n) is 5.56. The molecule has 0 radical (unpaired) electrons. The number of carbonyl (C=O) groups excluding carboxylic acids is 1. The SMILES string of the molecule is C=CC(=O)OC1CC(C)C(C)(C)C1(C)C. The molecule has 2 heteroatoms. The zero-order valence-electron chi connectivity index (χ0n) is 10.5. The van der Waals surface area contributed by atoms with Gasteiger partial charge in [0.05, 0.1) is 0 Å². The van der Waals surface area contributed by atoms with Crippen molar-refractivity contribution in [2.45, 2.75) is 47.1 Å². The molecule has 0 aromatic carbocycles. The van der Waals surface area contributed by atoms with Gasteiger partial charge in [0, 0.05) is 11.5 Å². The van der Waals surface area contributed by atoms with Gasteiger partial charge in [-0.1, -0.05) is 41.2 Å². The summed E-state index contributed by atoms with van der Waals surface area (Å²) in [7, 11) is 0. The molecule has 0 saturated heterocycles. The van der Waals surface area contributed by atoms with Gasteiger partial charge < -0.3 is 4.74 Å². The van der Waals surface area contributed by atoms with Crippen LogP contribution in [0.25, 0.3) is 0 Å². The summed E-state index contributed by atoms with van der Waals surface area (Å²) in [6, 6.07) is 0. The first kappa shape index (κ1) is 12.3. The van der Waals surface area contributed by atoms with Crippen molar-refractivity contribution in [2.24, 2.45) is 16.7 Å². The fraction of sp³-hybridized carbons (Fsp3) is 0.769. The molecule has 0 aliphatic heterocycles. The second-order valence-electron chi connectivity index (χ2n) is 5.71. The lowest BCUT2D eigenvalue weighted by Crippen LogP contribution is -2.38. The smallest absolute Gasteiger partial charge is 0.330 e. The Hall–Kier alpha value is -0.790. The van der Waals surface area contributed by atoms with E-state index >= 15 is 0 Å². The molecule has 0 aromatic heterocycles. The van der Waals surface area contributed by atoms with Crippen LogP contribution in [0.4, 0.5) is 0 Å². The van der Waals surface area contributed by atoms with E-state index in [1.54, 1.807) is 0 Å². The highest BCUT2D eigenvalue weighted by Crippen LogP contribution is 2.56. The van der Waals surface area contributed by atoms with E-state index in [0.29, 0.717) is 5.92 Å². The van der Waals surface area contributed by atoms with Gasteiger partial charge in [0.25, 0.3) is 0 Å². The summed E-state index contributed by atoms with van der Waals surface area (Å²) in [6.45, 7) is 14.5. The minimum absolute atomic E-state index is 0.00741. The van der Waals surface area contributed by atoms with E-state index in [1.807, 2.05) is 0 Å². The van der Waals surface area contributed by atoms with Gasteiger partial charge in [0.2, 0.25) is 0 Å². The van der Waals surface area contributed by atoms with Gasteiger partial charge in [-0.05, 0) is 17.8 Å². The van der Waals surface area contributed by atoms with Gasteiger partial charge in [-0.3, -0.25) is 0 Å². The zero-order valence-corrected chi connectivity index (χ0v) is 10.5. The molecule has 2 atom stereocenters. The van der Waals surface area contributed by atoms with Crippen LogP contribution in [0.15, 0.2) is 12.7 Å². The molecule has 0 amide bonds. The Kier molecular flexibility index (Phi) is 2.99. The summed E-state index contributed by atoms with van der Waals surface area (Å²) in [5, 5.41) is 0. The molecule has 0 bridgehead atoms. The van der Waals surface area contributed by atoms with Crippen molar-refractivity contribution in [2.75, 3.05) is 0 Å². The molecule has 86 valence electrons. The van der Waals surface area contributed by atoms with Crippen molar-refractivity contribution >= 4 is 5.97 Å². The van der Waals surface area contributed by atoms with E-state index in [-0.39, 0.29) is 22.9 Å². The Labute approximate surface area is 92.7 Å². The zero-order chi connectivity index (χ0) is 11.9. The van der Waals surface area contributed by atoms with Crippen LogP contribution in [0.5, 0.6) is 0 Å². The van der Waals surface area contributed by atoms with Crippen LogP contribution in [0.2, 0.25) is 0 Å². The fourth-order valence-corrected chi connectivity index (χ4v) is 2.34. The summed E-state index contributed by atoms with van der Waals surface area (Å²) in [5.74, 6) is 0.257. The standard InChI is InChI=1S/C13H22O2/c1-7-11(14)15-10-8-9(2)12(3,4)13(10,5)6/h7,9-10H,1,8H2,2-6H3. The van der Waals surface area contributed by atoms with Crippen molar-refractivity contribution < 1.29 is 9.53 Å². The minimum atomic E-state index is -0.307. The largest absolute Gasteiger partial charge is 0.459 e. The molecule has 15 heavy (non-hydrogen) atoms. The summed E-state index contributed by atoms with van der Waals surface area (Å²) in [6.07, 6.45) is 2.19. The fourth-order valence-electron chi connectivity index (χ4n) is 2.34. The maximum Gasteiger partial charge on any atom is 0.330 e. The van der Waals surface area contributed by atoms with E-state index in [2.05, 4.69) is 41.2 Å². The van der Waals surface area contributed by atoms with E-state index in [0.717, 1.165) is 6.42 Å². The predicted molar refractivity (Wildman–Crippen MR) is 61.4 cm³/mol. The Morgan fingerprint density at radius 3 is 2.20 bits per heavy atom. The topological polar surface area (TPSA) is 26.3 Å². The average molecular weight is 210 g/mol. The number of ether oxygens (including phenoxy) is 1. The molecule has 1 aliphatic carbocycles. The third kappa shape index (κ3) is 1.82. The highest BCUT2D eigenvalue weighted by atomic mass is 16.5. The van der Waals surface area contributed by atoms with Crippen LogP contribution in [-0.4, -0.2) is 12.1 Å². The Morgan fingerprint density at radius 1 is 1.33 bits per heavy atom. The van der Waals surface area contributed by atoms with Crippen LogP contribution in [0.3, 0.4) is 0 Å². The molecule has 0 N–H and O–H groups in total. The molecule has 2 unspecified atom stereocenters. The predicted octanol–water partition coefficient (Wildman–Crippen LogP) is 3.18. The van der Waals surface area contributed by atoms with Crippen LogP contribution in [0.1, 0.15) is 41.0 Å². The van der Waals surface area contributed by atoms with Crippen molar-refractivity contribution in [1.29, 1.82) is 0 Å². The van der Waals surface area contributed by atoms with Gasteiger partial charge in [0.1, 0.15) is 6.10 Å². The highest BCUT2D eigenvalue weighted by Gasteiger charge is 2.54. The number of carbonyl (C=O) groups is 1. The van der Waals surface area contributed by atoms with Crippen molar-refractivity contribution in [1.82, 2.24) is 0 Å². The molecule has 2 nitrogen and oxygen atoms in total. The Bertz CT molecular complexity index is 276. The number of hydrogen-bond acceptors (Lipinski definition) is 2. The van der Waals surface area contributed by atoms with Gasteiger partial charge >= 0.3 is 5.97 Å². The second-order valence-corrected chi connectivity index (χ2v) is 5.71. The van der Waals surface area contributed by atoms with Gasteiger partial charge in [-0.15, -0.1) is 0 Å². The highest BCUT2D eigenvalue weighted by molar-refractivity contribution is 5.81. The molecule has 1 fully saturated rings. The second kappa shape index (κ2) is 3.66. The minimum Gasteiger partial charge on any atom is -0.459 e. The van der Waals surface area contributed by atoms with Gasteiger partial charge in [-0.2, -0.15) is 0 Å². The van der Waals surface area contributed by atoms with E-state index < -0.39 is 0 Å². The third-order valence-electron chi connectivity index (χ3n) is 4.69. The molecule has 1 saturated carbocycles. The molecular formula is C13H22O2. The summed E-state index contributed by atoms with van der Waals surface area (Å²) in [4.78, 5) is 11.2. The van der Waals surface area contributed by atoms with Crippen molar-refractivity contribution in [3.63, 3.8) is 0 Å². The van der Waals surface area contributed by atoms with Crippen molar-refractivity contribution in [3.05, 3.63) is 12.7 Å². The number of hydrogen-bond donors (Lipinski definition) is 0. The van der Waals surface area contributed by atoms with Gasteiger partial charge in [-0.25, -0.2) is 4.79 Å². The first-order valence-corrected chi connectivity index (χ1v) is 5.56. The maximum atomic E-state index is 11.2. The summed E-state index contributed by atoms with van der Waals surface area (Å²) >= 11 is 0. The van der Waals surface area contributed by atoms with Crippen LogP contribution >= 0.6 is 0 Å². The monoisotopic (exact) mass is 210 g/mol. The van der Waals surface area contributed by atoms with Gasteiger partial charge in [0.15, 0.2) is 0 Å². The van der Waals surface area contributed by atoms with Crippen molar-refractivity contribution in [3.8, 4) is 0 Å². The lowest BCUT2D eigenvalue weighted by atomic mass is 9.67. The molecule has 1 aliphatic rings.